The summed E-state index contributed by atoms with van der Waals surface area (Å²) in [6, 6.07) is 14.1. The number of aromatic nitrogens is 3. The SMILES string of the molecule is Cc1nc(NCc2ccncc2)cc(C(=O)Nc2ccc(C#N)cc2)n1. The lowest BCUT2D eigenvalue weighted by Crippen LogP contribution is -2.15. The van der Waals surface area contributed by atoms with Gasteiger partial charge in [-0.1, -0.05) is 0 Å². The highest BCUT2D eigenvalue weighted by molar-refractivity contribution is 6.03. The molecule has 2 N–H and O–H groups in total. The highest BCUT2D eigenvalue weighted by atomic mass is 16.1. The van der Waals surface area contributed by atoms with E-state index in [1.165, 1.54) is 0 Å². The summed E-state index contributed by atoms with van der Waals surface area (Å²) in [6.45, 7) is 2.30. The summed E-state index contributed by atoms with van der Waals surface area (Å²) in [5.41, 5.74) is 2.44. The van der Waals surface area contributed by atoms with Gasteiger partial charge < -0.3 is 10.6 Å². The van der Waals surface area contributed by atoms with Crippen LogP contribution in [0.2, 0.25) is 0 Å². The number of rotatable bonds is 5. The van der Waals surface area contributed by atoms with Crippen LogP contribution in [0.4, 0.5) is 11.5 Å². The Morgan fingerprint density at radius 1 is 1.12 bits per heavy atom. The minimum Gasteiger partial charge on any atom is -0.366 e. The quantitative estimate of drug-likeness (QED) is 0.737. The summed E-state index contributed by atoms with van der Waals surface area (Å²) in [5, 5.41) is 14.8. The number of hydrogen-bond acceptors (Lipinski definition) is 6. The van der Waals surface area contributed by atoms with Crippen LogP contribution in [0.25, 0.3) is 0 Å². The van der Waals surface area contributed by atoms with Gasteiger partial charge in [0, 0.05) is 30.7 Å². The van der Waals surface area contributed by atoms with E-state index in [4.69, 9.17) is 5.26 Å². The standard InChI is InChI=1S/C19H16N6O/c1-13-23-17(19(26)25-16-4-2-14(11-20)3-5-16)10-18(24-13)22-12-15-6-8-21-9-7-15/h2-10H,12H2,1H3,(H,25,26)(H,22,23,24). The Labute approximate surface area is 150 Å². The Balaban J connectivity index is 1.71. The van der Waals surface area contributed by atoms with Crippen molar-refractivity contribution in [1.29, 1.82) is 5.26 Å². The third-order valence-electron chi connectivity index (χ3n) is 3.57. The Kier molecular flexibility index (Phi) is 5.15. The maximum absolute atomic E-state index is 12.4. The molecule has 0 aliphatic heterocycles. The fourth-order valence-corrected chi connectivity index (χ4v) is 2.29. The first-order valence-corrected chi connectivity index (χ1v) is 7.94. The number of aryl methyl sites for hydroxylation is 1. The maximum atomic E-state index is 12.4. The summed E-state index contributed by atoms with van der Waals surface area (Å²) in [6.07, 6.45) is 3.44. The van der Waals surface area contributed by atoms with Gasteiger partial charge in [-0.15, -0.1) is 0 Å². The topological polar surface area (TPSA) is 104 Å². The van der Waals surface area contributed by atoms with Crippen LogP contribution < -0.4 is 10.6 Å². The first-order valence-electron chi connectivity index (χ1n) is 7.94. The predicted octanol–water partition coefficient (Wildman–Crippen LogP) is 2.92. The van der Waals surface area contributed by atoms with Gasteiger partial charge in [0.25, 0.3) is 5.91 Å². The van der Waals surface area contributed by atoms with Crippen LogP contribution in [0.15, 0.2) is 54.9 Å². The van der Waals surface area contributed by atoms with Crippen molar-refractivity contribution in [1.82, 2.24) is 15.0 Å². The smallest absolute Gasteiger partial charge is 0.274 e. The molecule has 0 fully saturated rings. The molecule has 2 heterocycles. The van der Waals surface area contributed by atoms with Crippen LogP contribution in [0, 0.1) is 18.3 Å². The zero-order valence-corrected chi connectivity index (χ0v) is 14.1. The molecule has 7 heteroatoms. The average Bonchev–Trinajstić information content (AvgIpc) is 2.67. The second-order valence-corrected chi connectivity index (χ2v) is 5.54. The Bertz CT molecular complexity index is 948. The number of anilines is 2. The summed E-state index contributed by atoms with van der Waals surface area (Å²) < 4.78 is 0. The van der Waals surface area contributed by atoms with Crippen LogP contribution in [0.3, 0.4) is 0 Å². The number of carbonyl (C=O) groups is 1. The average molecular weight is 344 g/mol. The molecule has 0 bridgehead atoms. The monoisotopic (exact) mass is 344 g/mol. The van der Waals surface area contributed by atoms with Gasteiger partial charge in [-0.2, -0.15) is 5.26 Å². The molecule has 1 aromatic carbocycles. The molecule has 26 heavy (non-hydrogen) atoms. The van der Waals surface area contributed by atoms with Gasteiger partial charge in [0.15, 0.2) is 0 Å². The number of nitrogens with one attached hydrogen (secondary N) is 2. The number of nitrogens with zero attached hydrogens (tertiary/aromatic N) is 4. The summed E-state index contributed by atoms with van der Waals surface area (Å²) in [4.78, 5) is 24.9. The minimum atomic E-state index is -0.341. The molecule has 3 rings (SSSR count). The largest absolute Gasteiger partial charge is 0.366 e. The molecular formula is C19H16N6O. The van der Waals surface area contributed by atoms with Crippen molar-refractivity contribution in [3.05, 3.63) is 77.5 Å². The zero-order chi connectivity index (χ0) is 18.4. The van der Waals surface area contributed by atoms with E-state index in [1.807, 2.05) is 18.2 Å². The van der Waals surface area contributed by atoms with Crippen LogP contribution in [0.5, 0.6) is 0 Å². The van der Waals surface area contributed by atoms with Gasteiger partial charge in [0.2, 0.25) is 0 Å². The van der Waals surface area contributed by atoms with Gasteiger partial charge in [0.05, 0.1) is 11.6 Å². The van der Waals surface area contributed by atoms with Gasteiger partial charge >= 0.3 is 0 Å². The van der Waals surface area contributed by atoms with Crippen molar-refractivity contribution in [2.45, 2.75) is 13.5 Å². The molecule has 1 amide bonds. The fourth-order valence-electron chi connectivity index (χ4n) is 2.29. The molecule has 0 aliphatic rings. The van der Waals surface area contributed by atoms with Crippen LogP contribution in [-0.2, 0) is 6.54 Å². The fraction of sp³-hybridized carbons (Fsp3) is 0.105. The lowest BCUT2D eigenvalue weighted by molar-refractivity contribution is 0.102. The van der Waals surface area contributed by atoms with Crippen molar-refractivity contribution in [2.75, 3.05) is 10.6 Å². The highest BCUT2D eigenvalue weighted by Gasteiger charge is 2.11. The molecule has 2 aromatic heterocycles. The van der Waals surface area contributed by atoms with Gasteiger partial charge in [0.1, 0.15) is 17.3 Å². The van der Waals surface area contributed by atoms with Crippen LogP contribution >= 0.6 is 0 Å². The van der Waals surface area contributed by atoms with Crippen molar-refractivity contribution in [2.24, 2.45) is 0 Å². The van der Waals surface area contributed by atoms with Gasteiger partial charge in [-0.05, 0) is 48.9 Å². The van der Waals surface area contributed by atoms with E-state index >= 15 is 0 Å². The van der Waals surface area contributed by atoms with E-state index in [1.54, 1.807) is 49.6 Å². The minimum absolute atomic E-state index is 0.263. The number of amides is 1. The maximum Gasteiger partial charge on any atom is 0.274 e. The Morgan fingerprint density at radius 2 is 1.85 bits per heavy atom. The Morgan fingerprint density at radius 3 is 2.54 bits per heavy atom. The number of carbonyl (C=O) groups excluding carboxylic acids is 1. The van der Waals surface area contributed by atoms with E-state index in [0.29, 0.717) is 29.4 Å². The molecule has 0 aliphatic carbocycles. The second kappa shape index (κ2) is 7.85. The van der Waals surface area contributed by atoms with E-state index in [9.17, 15) is 4.79 Å². The molecule has 128 valence electrons. The summed E-state index contributed by atoms with van der Waals surface area (Å²) >= 11 is 0. The first-order chi connectivity index (χ1) is 12.6. The normalized spacial score (nSPS) is 10.0. The Hall–Kier alpha value is -3.79. The van der Waals surface area contributed by atoms with Crippen LogP contribution in [0.1, 0.15) is 27.4 Å². The predicted molar refractivity (Wildman–Crippen MR) is 97.4 cm³/mol. The second-order valence-electron chi connectivity index (χ2n) is 5.54. The lowest BCUT2D eigenvalue weighted by atomic mass is 10.2. The van der Waals surface area contributed by atoms with Gasteiger partial charge in [-0.25, -0.2) is 9.97 Å². The molecule has 0 saturated carbocycles. The molecule has 0 spiro atoms. The number of benzene rings is 1. The zero-order valence-electron chi connectivity index (χ0n) is 14.1. The van der Waals surface area contributed by atoms with E-state index in [-0.39, 0.29) is 11.6 Å². The number of nitriles is 1. The van der Waals surface area contributed by atoms with Crippen molar-refractivity contribution >= 4 is 17.4 Å². The number of hydrogen-bond donors (Lipinski definition) is 2. The molecule has 0 atom stereocenters. The van der Waals surface area contributed by atoms with Gasteiger partial charge in [-0.3, -0.25) is 9.78 Å². The first kappa shape index (κ1) is 17.0. The lowest BCUT2D eigenvalue weighted by Gasteiger charge is -2.09. The van der Waals surface area contributed by atoms with E-state index in [2.05, 4.69) is 25.6 Å². The molecule has 0 unspecified atom stereocenters. The van der Waals surface area contributed by atoms with E-state index in [0.717, 1.165) is 5.56 Å². The van der Waals surface area contributed by atoms with Crippen molar-refractivity contribution in [3.63, 3.8) is 0 Å². The molecule has 3 aromatic rings. The summed E-state index contributed by atoms with van der Waals surface area (Å²) in [7, 11) is 0. The van der Waals surface area contributed by atoms with Crippen molar-refractivity contribution < 1.29 is 4.79 Å². The molecule has 0 radical (unpaired) electrons. The number of pyridine rings is 1. The molecule has 7 nitrogen and oxygen atoms in total. The van der Waals surface area contributed by atoms with E-state index < -0.39 is 0 Å². The third-order valence-corrected chi connectivity index (χ3v) is 3.57. The highest BCUT2D eigenvalue weighted by Crippen LogP contribution is 2.13. The van der Waals surface area contributed by atoms with Crippen molar-refractivity contribution in [3.8, 4) is 6.07 Å². The summed E-state index contributed by atoms with van der Waals surface area (Å²) in [5.74, 6) is 0.723. The van der Waals surface area contributed by atoms with Crippen LogP contribution in [-0.4, -0.2) is 20.9 Å². The third kappa shape index (κ3) is 4.39. The molecule has 0 saturated heterocycles. The molecular weight excluding hydrogens is 328 g/mol.